The summed E-state index contributed by atoms with van der Waals surface area (Å²) in [6, 6.07) is 0. The summed E-state index contributed by atoms with van der Waals surface area (Å²) in [6.45, 7) is 7.98. The molecule has 0 unspecified atom stereocenters. The molecule has 0 heterocycles. The smallest absolute Gasteiger partial charge is 0.373 e. The summed E-state index contributed by atoms with van der Waals surface area (Å²) in [5.41, 5.74) is 0. The molecule has 4 nitrogen and oxygen atoms in total. The van der Waals surface area contributed by atoms with E-state index >= 15 is 0 Å². The summed E-state index contributed by atoms with van der Waals surface area (Å²) in [7, 11) is -2.23. The fourth-order valence-electron chi connectivity index (χ4n) is 0.878. The minimum absolute atomic E-state index is 0.149. The largest absolute Gasteiger partial charge is 0.389 e. The Balaban J connectivity index is 0. The zero-order valence-electron chi connectivity index (χ0n) is 9.19. The van der Waals surface area contributed by atoms with Crippen LogP contribution in [0.3, 0.4) is 0 Å². The Kier molecular flexibility index (Phi) is 9.07. The Morgan fingerprint density at radius 1 is 1.29 bits per heavy atom. The topological polar surface area (TPSA) is 71.4 Å². The molecule has 0 aromatic rings. The minimum Gasteiger partial charge on any atom is -0.389 e. The number of aliphatic hydroxyl groups is 1. The number of carbonyl (C=O) groups excluding carboxylic acids is 2. The van der Waals surface area contributed by atoms with Crippen LogP contribution in [0.25, 0.3) is 0 Å². The van der Waals surface area contributed by atoms with Gasteiger partial charge in [0, 0.05) is 6.16 Å². The standard InChI is InChI=1S/C8H19O2P.CO2/c1-7(2)8(3)5-11(4,10)6-9;2-1-3/h7-9H,5-6H2,1-4H3;/t8-,11-;/m1./s1. The normalized spacial score (nSPS) is 16.1. The van der Waals surface area contributed by atoms with Gasteiger partial charge in [-0.2, -0.15) is 9.59 Å². The lowest BCUT2D eigenvalue weighted by atomic mass is 10.0. The Labute approximate surface area is 85.1 Å². The first-order chi connectivity index (χ1) is 6.30. The molecule has 0 spiro atoms. The maximum atomic E-state index is 11.4. The summed E-state index contributed by atoms with van der Waals surface area (Å²) in [5, 5.41) is 8.76. The van der Waals surface area contributed by atoms with Gasteiger partial charge in [-0.15, -0.1) is 0 Å². The zero-order valence-corrected chi connectivity index (χ0v) is 10.1. The van der Waals surface area contributed by atoms with E-state index in [1.54, 1.807) is 6.66 Å². The third kappa shape index (κ3) is 9.66. The third-order valence-corrected chi connectivity index (χ3v) is 4.06. The molecule has 0 aromatic carbocycles. The second-order valence-corrected chi connectivity index (χ2v) is 7.17. The SMILES string of the molecule is CC(C)[C@H](C)C[P@@](C)(=O)CO.O=C=O. The van der Waals surface area contributed by atoms with Gasteiger partial charge in [0.25, 0.3) is 0 Å². The van der Waals surface area contributed by atoms with E-state index in [-0.39, 0.29) is 12.5 Å². The summed E-state index contributed by atoms with van der Waals surface area (Å²) >= 11 is 0. The van der Waals surface area contributed by atoms with E-state index in [1.807, 2.05) is 0 Å². The number of hydrogen-bond acceptors (Lipinski definition) is 4. The average molecular weight is 222 g/mol. The maximum Gasteiger partial charge on any atom is 0.373 e. The lowest BCUT2D eigenvalue weighted by Crippen LogP contribution is -2.10. The van der Waals surface area contributed by atoms with Crippen molar-refractivity contribution in [1.82, 2.24) is 0 Å². The van der Waals surface area contributed by atoms with Crippen LogP contribution < -0.4 is 0 Å². The Bertz CT molecular complexity index is 219. The monoisotopic (exact) mass is 222 g/mol. The van der Waals surface area contributed by atoms with Crippen LogP contribution in [0.4, 0.5) is 0 Å². The van der Waals surface area contributed by atoms with Crippen LogP contribution in [0.1, 0.15) is 20.8 Å². The van der Waals surface area contributed by atoms with Gasteiger partial charge in [-0.3, -0.25) is 0 Å². The van der Waals surface area contributed by atoms with Crippen LogP contribution in [0.2, 0.25) is 0 Å². The number of rotatable bonds is 4. The highest BCUT2D eigenvalue weighted by molar-refractivity contribution is 7.62. The van der Waals surface area contributed by atoms with Crippen LogP contribution in [0.5, 0.6) is 0 Å². The minimum atomic E-state index is -2.23. The molecule has 14 heavy (non-hydrogen) atoms. The second-order valence-electron chi connectivity index (χ2n) is 3.93. The van der Waals surface area contributed by atoms with Crippen molar-refractivity contribution in [2.45, 2.75) is 20.8 Å². The summed E-state index contributed by atoms with van der Waals surface area (Å²) in [5.74, 6) is 0.993. The molecule has 0 aliphatic heterocycles. The average Bonchev–Trinajstić information content (AvgIpc) is 2.05. The first kappa shape index (κ1) is 16.0. The highest BCUT2D eigenvalue weighted by Gasteiger charge is 2.19. The van der Waals surface area contributed by atoms with E-state index in [9.17, 15) is 4.57 Å². The fourth-order valence-corrected chi connectivity index (χ4v) is 2.63. The van der Waals surface area contributed by atoms with Gasteiger partial charge < -0.3 is 9.67 Å². The molecule has 1 N–H and O–H groups in total. The molecular weight excluding hydrogens is 203 g/mol. The molecule has 2 atom stereocenters. The van der Waals surface area contributed by atoms with Crippen LogP contribution in [-0.4, -0.2) is 30.4 Å². The molecular formula is C9H19O4P. The molecule has 84 valence electrons. The first-order valence-electron chi connectivity index (χ1n) is 4.46. The van der Waals surface area contributed by atoms with Crippen LogP contribution in [-0.2, 0) is 14.2 Å². The molecule has 0 saturated heterocycles. The molecule has 0 aliphatic rings. The van der Waals surface area contributed by atoms with Gasteiger partial charge >= 0.3 is 6.15 Å². The lowest BCUT2D eigenvalue weighted by Gasteiger charge is -2.18. The molecule has 0 aromatic heterocycles. The number of hydrogen-bond donors (Lipinski definition) is 1. The Morgan fingerprint density at radius 2 is 1.64 bits per heavy atom. The molecule has 0 radical (unpaired) electrons. The van der Waals surface area contributed by atoms with E-state index in [4.69, 9.17) is 14.7 Å². The lowest BCUT2D eigenvalue weighted by molar-refractivity contribution is -0.191. The molecule has 0 rings (SSSR count). The first-order valence-corrected chi connectivity index (χ1v) is 6.98. The Hall–Kier alpha value is -0.430. The highest BCUT2D eigenvalue weighted by Crippen LogP contribution is 2.42. The van der Waals surface area contributed by atoms with Gasteiger partial charge in [-0.05, 0) is 18.5 Å². The zero-order chi connectivity index (χ0) is 11.8. The van der Waals surface area contributed by atoms with Crippen molar-refractivity contribution < 1.29 is 19.3 Å². The van der Waals surface area contributed by atoms with Gasteiger partial charge in [0.05, 0.1) is 6.35 Å². The molecule has 0 fully saturated rings. The fraction of sp³-hybridized carbons (Fsp3) is 0.889. The van der Waals surface area contributed by atoms with Crippen molar-refractivity contribution in [3.05, 3.63) is 0 Å². The van der Waals surface area contributed by atoms with Crippen LogP contribution in [0.15, 0.2) is 0 Å². The molecule has 0 saturated carbocycles. The van der Waals surface area contributed by atoms with Crippen molar-refractivity contribution in [2.24, 2.45) is 11.8 Å². The van der Waals surface area contributed by atoms with Gasteiger partial charge in [0.2, 0.25) is 0 Å². The van der Waals surface area contributed by atoms with Crippen molar-refractivity contribution in [2.75, 3.05) is 19.2 Å². The van der Waals surface area contributed by atoms with Gasteiger partial charge in [0.15, 0.2) is 0 Å². The maximum absolute atomic E-state index is 11.4. The number of aliphatic hydroxyl groups excluding tert-OH is 1. The van der Waals surface area contributed by atoms with Gasteiger partial charge in [-0.1, -0.05) is 20.8 Å². The van der Waals surface area contributed by atoms with Crippen molar-refractivity contribution >= 4 is 13.3 Å². The Morgan fingerprint density at radius 3 is 1.86 bits per heavy atom. The van der Waals surface area contributed by atoms with Gasteiger partial charge in [0.1, 0.15) is 7.14 Å². The molecule has 5 heteroatoms. The molecule has 0 bridgehead atoms. The predicted molar refractivity (Wildman–Crippen MR) is 54.5 cm³/mol. The van der Waals surface area contributed by atoms with E-state index in [0.29, 0.717) is 18.0 Å². The summed E-state index contributed by atoms with van der Waals surface area (Å²) in [6.07, 6.45) is 0.769. The van der Waals surface area contributed by atoms with E-state index in [1.165, 1.54) is 0 Å². The van der Waals surface area contributed by atoms with E-state index < -0.39 is 7.14 Å². The van der Waals surface area contributed by atoms with Crippen molar-refractivity contribution in [3.63, 3.8) is 0 Å². The van der Waals surface area contributed by atoms with Crippen molar-refractivity contribution in [3.8, 4) is 0 Å². The van der Waals surface area contributed by atoms with Gasteiger partial charge in [-0.25, -0.2) is 0 Å². The highest BCUT2D eigenvalue weighted by atomic mass is 31.2. The summed E-state index contributed by atoms with van der Waals surface area (Å²) in [4.78, 5) is 16.2. The van der Waals surface area contributed by atoms with E-state index in [0.717, 1.165) is 0 Å². The third-order valence-electron chi connectivity index (χ3n) is 2.11. The predicted octanol–water partition coefficient (Wildman–Crippen LogP) is 1.64. The quantitative estimate of drug-likeness (QED) is 0.734. The summed E-state index contributed by atoms with van der Waals surface area (Å²) < 4.78 is 11.4. The van der Waals surface area contributed by atoms with E-state index in [2.05, 4.69) is 20.8 Å². The second kappa shape index (κ2) is 7.93. The van der Waals surface area contributed by atoms with Crippen molar-refractivity contribution in [1.29, 1.82) is 0 Å². The van der Waals surface area contributed by atoms with Crippen LogP contribution in [0, 0.1) is 11.8 Å². The molecule has 0 amide bonds. The molecule has 0 aliphatic carbocycles. The van der Waals surface area contributed by atoms with Crippen LogP contribution >= 0.6 is 7.14 Å².